The van der Waals surface area contributed by atoms with Crippen LogP contribution in [0.4, 0.5) is 0 Å². The maximum Gasteiger partial charge on any atom is 0.302 e. The second kappa shape index (κ2) is 8.42. The highest BCUT2D eigenvalue weighted by atomic mass is 16.6. The van der Waals surface area contributed by atoms with Gasteiger partial charge >= 0.3 is 5.97 Å². The van der Waals surface area contributed by atoms with Crippen LogP contribution in [0, 0.1) is 39.4 Å². The average Bonchev–Trinajstić information content (AvgIpc) is 3.34. The lowest BCUT2D eigenvalue weighted by atomic mass is 9.35. The van der Waals surface area contributed by atoms with Crippen molar-refractivity contribution in [2.24, 2.45) is 39.4 Å². The molecule has 4 aliphatic carbocycles. The zero-order valence-corrected chi connectivity index (χ0v) is 25.4. The SMILES string of the molecule is CC(=O)O[C@@H]1C[C@@H]2[C@@]3(C)CC[C@@H](O)C(C)(C)[C@H]3CC[C@@]2(C)[C@]2(C)CC[C@](O)([C@]3(C)CC[C@H](C(C)(C)O)O3)[C@@H]12. The van der Waals surface area contributed by atoms with Gasteiger partial charge in [0.15, 0.2) is 0 Å². The zero-order chi connectivity index (χ0) is 28.3. The molecule has 218 valence electrons. The number of aliphatic hydroxyl groups excluding tert-OH is 1. The molecule has 0 aromatic heterocycles. The first-order chi connectivity index (χ1) is 17.3. The fraction of sp³-hybridized carbons (Fsp3) is 0.969. The summed E-state index contributed by atoms with van der Waals surface area (Å²) in [6.45, 7) is 18.8. The molecular formula is C32H54O6. The van der Waals surface area contributed by atoms with E-state index < -0.39 is 22.9 Å². The summed E-state index contributed by atoms with van der Waals surface area (Å²) >= 11 is 0. The monoisotopic (exact) mass is 534 g/mol. The van der Waals surface area contributed by atoms with Gasteiger partial charge in [-0.15, -0.1) is 0 Å². The number of ether oxygens (including phenoxy) is 2. The van der Waals surface area contributed by atoms with Crippen LogP contribution in [0.3, 0.4) is 0 Å². The summed E-state index contributed by atoms with van der Waals surface area (Å²) in [4.78, 5) is 12.5. The lowest BCUT2D eigenvalue weighted by Gasteiger charge is -2.71. The molecular weight excluding hydrogens is 480 g/mol. The van der Waals surface area contributed by atoms with Gasteiger partial charge in [-0.1, -0.05) is 34.6 Å². The largest absolute Gasteiger partial charge is 0.462 e. The molecule has 0 aromatic rings. The van der Waals surface area contributed by atoms with E-state index >= 15 is 0 Å². The number of esters is 1. The van der Waals surface area contributed by atoms with E-state index in [1.807, 2.05) is 6.92 Å². The molecule has 38 heavy (non-hydrogen) atoms. The minimum absolute atomic E-state index is 0.0303. The van der Waals surface area contributed by atoms with Crippen LogP contribution in [-0.4, -0.2) is 56.4 Å². The molecule has 6 heteroatoms. The van der Waals surface area contributed by atoms with Crippen LogP contribution in [0.15, 0.2) is 0 Å². The normalized spacial score (nSPS) is 54.1. The van der Waals surface area contributed by atoms with E-state index in [4.69, 9.17) is 9.47 Å². The first-order valence-corrected chi connectivity index (χ1v) is 15.2. The molecule has 3 N–H and O–H groups in total. The van der Waals surface area contributed by atoms with Gasteiger partial charge in [-0.2, -0.15) is 0 Å². The molecule has 11 atom stereocenters. The number of carbonyl (C=O) groups excluding carboxylic acids is 1. The van der Waals surface area contributed by atoms with Gasteiger partial charge in [0.1, 0.15) is 11.7 Å². The van der Waals surface area contributed by atoms with Crippen molar-refractivity contribution in [2.75, 3.05) is 0 Å². The molecule has 0 bridgehead atoms. The Morgan fingerprint density at radius 3 is 2.13 bits per heavy atom. The Hall–Kier alpha value is -0.690. The Morgan fingerprint density at radius 2 is 1.55 bits per heavy atom. The number of fused-ring (bicyclic) bond motifs is 5. The molecule has 5 fully saturated rings. The standard InChI is InChI=1S/C32H54O6/c1-19(33)37-20-18-22-28(6)13-11-23(34)26(2,3)21(28)10-14-29(22,7)30(8)16-17-32(36,25(20)30)31(9)15-12-24(38-31)27(4,5)35/h20-25,34-36H,10-18H2,1-9H3/t20-,21-,22-,23-,24-,25+,28+,29-,30-,31+,32-/m1/s1. The van der Waals surface area contributed by atoms with Crippen molar-refractivity contribution >= 4 is 5.97 Å². The summed E-state index contributed by atoms with van der Waals surface area (Å²) in [7, 11) is 0. The van der Waals surface area contributed by atoms with Crippen LogP contribution in [0.2, 0.25) is 0 Å². The van der Waals surface area contributed by atoms with Crippen LogP contribution >= 0.6 is 0 Å². The Morgan fingerprint density at radius 1 is 0.895 bits per heavy atom. The van der Waals surface area contributed by atoms with Crippen molar-refractivity contribution < 1.29 is 29.6 Å². The van der Waals surface area contributed by atoms with Crippen LogP contribution in [0.1, 0.15) is 120 Å². The molecule has 5 rings (SSSR count). The Balaban J connectivity index is 1.58. The Kier molecular flexibility index (Phi) is 6.39. The minimum Gasteiger partial charge on any atom is -0.462 e. The summed E-state index contributed by atoms with van der Waals surface area (Å²) in [5.74, 6) is 0.195. The minimum atomic E-state index is -1.16. The zero-order valence-electron chi connectivity index (χ0n) is 25.4. The summed E-state index contributed by atoms with van der Waals surface area (Å²) < 4.78 is 12.8. The first-order valence-electron chi connectivity index (χ1n) is 15.2. The van der Waals surface area contributed by atoms with Gasteiger partial charge in [0.25, 0.3) is 0 Å². The van der Waals surface area contributed by atoms with E-state index in [2.05, 4.69) is 34.6 Å². The third-order valence-electron chi connectivity index (χ3n) is 13.7. The van der Waals surface area contributed by atoms with Crippen LogP contribution < -0.4 is 0 Å². The average molecular weight is 535 g/mol. The predicted molar refractivity (Wildman–Crippen MR) is 146 cm³/mol. The van der Waals surface area contributed by atoms with E-state index in [1.165, 1.54) is 6.92 Å². The van der Waals surface area contributed by atoms with Crippen molar-refractivity contribution in [1.29, 1.82) is 0 Å². The third-order valence-corrected chi connectivity index (χ3v) is 13.7. The molecule has 0 spiro atoms. The van der Waals surface area contributed by atoms with E-state index in [0.717, 1.165) is 38.5 Å². The molecule has 0 unspecified atom stereocenters. The topological polar surface area (TPSA) is 96.2 Å². The molecule has 0 radical (unpaired) electrons. The van der Waals surface area contributed by atoms with Crippen molar-refractivity contribution in [3.8, 4) is 0 Å². The van der Waals surface area contributed by atoms with Gasteiger partial charge in [0.05, 0.1) is 23.4 Å². The summed E-state index contributed by atoms with van der Waals surface area (Å²) in [6, 6.07) is 0. The Labute approximate surface area is 230 Å². The van der Waals surface area contributed by atoms with Gasteiger partial charge in [-0.05, 0) is 112 Å². The second-order valence-corrected chi connectivity index (χ2v) is 16.2. The van der Waals surface area contributed by atoms with Crippen molar-refractivity contribution in [2.45, 2.75) is 155 Å². The lowest BCUT2D eigenvalue weighted by Crippen LogP contribution is -2.70. The summed E-state index contributed by atoms with van der Waals surface area (Å²) in [6.07, 6.45) is 6.45. The predicted octanol–water partition coefficient (Wildman–Crippen LogP) is 5.40. The van der Waals surface area contributed by atoms with Crippen LogP contribution in [-0.2, 0) is 14.3 Å². The van der Waals surface area contributed by atoms with Gasteiger partial charge < -0.3 is 24.8 Å². The van der Waals surface area contributed by atoms with Crippen molar-refractivity contribution in [1.82, 2.24) is 0 Å². The van der Waals surface area contributed by atoms with Crippen LogP contribution in [0.25, 0.3) is 0 Å². The lowest BCUT2D eigenvalue weighted by molar-refractivity contribution is -0.279. The maximum absolute atomic E-state index is 12.8. The van der Waals surface area contributed by atoms with E-state index in [9.17, 15) is 20.1 Å². The number of carbonyl (C=O) groups is 1. The maximum atomic E-state index is 12.8. The third kappa shape index (κ3) is 3.61. The quantitative estimate of drug-likeness (QED) is 0.420. The summed E-state index contributed by atoms with van der Waals surface area (Å²) in [5.41, 5.74) is -3.36. The van der Waals surface area contributed by atoms with Gasteiger partial charge in [-0.25, -0.2) is 0 Å². The first kappa shape index (κ1) is 28.8. The highest BCUT2D eigenvalue weighted by molar-refractivity contribution is 5.66. The fourth-order valence-electron chi connectivity index (χ4n) is 11.3. The Bertz CT molecular complexity index is 971. The highest BCUT2D eigenvalue weighted by Crippen LogP contribution is 2.77. The van der Waals surface area contributed by atoms with Crippen LogP contribution in [0.5, 0.6) is 0 Å². The molecule has 1 aliphatic heterocycles. The number of aliphatic hydroxyl groups is 3. The highest BCUT2D eigenvalue weighted by Gasteiger charge is 2.76. The molecule has 0 aromatic carbocycles. The smallest absolute Gasteiger partial charge is 0.302 e. The number of hydrogen-bond donors (Lipinski definition) is 3. The van der Waals surface area contributed by atoms with Gasteiger partial charge in [0.2, 0.25) is 0 Å². The number of hydrogen-bond acceptors (Lipinski definition) is 6. The van der Waals surface area contributed by atoms with E-state index in [1.54, 1.807) is 13.8 Å². The molecule has 0 amide bonds. The summed E-state index contributed by atoms with van der Waals surface area (Å²) in [5, 5.41) is 34.5. The second-order valence-electron chi connectivity index (χ2n) is 16.2. The number of rotatable bonds is 3. The van der Waals surface area contributed by atoms with Gasteiger partial charge in [0, 0.05) is 12.8 Å². The van der Waals surface area contributed by atoms with E-state index in [-0.39, 0.29) is 45.8 Å². The molecule has 1 heterocycles. The molecule has 6 nitrogen and oxygen atoms in total. The molecule has 5 aliphatic rings. The molecule has 4 saturated carbocycles. The van der Waals surface area contributed by atoms with Crippen molar-refractivity contribution in [3.63, 3.8) is 0 Å². The fourth-order valence-corrected chi connectivity index (χ4v) is 11.3. The molecule has 1 saturated heterocycles. The van der Waals surface area contributed by atoms with Gasteiger partial charge in [-0.3, -0.25) is 4.79 Å². The van der Waals surface area contributed by atoms with E-state index in [0.29, 0.717) is 31.1 Å². The van der Waals surface area contributed by atoms with Crippen molar-refractivity contribution in [3.05, 3.63) is 0 Å².